The number of carbonyl (C=O) groups excluding carboxylic acids is 1. The average Bonchev–Trinajstić information content (AvgIpc) is 2.44. The first kappa shape index (κ1) is 13.9. The Hall–Kier alpha value is -1.48. The van der Waals surface area contributed by atoms with Crippen LogP contribution in [0, 0.1) is 5.82 Å². The summed E-state index contributed by atoms with van der Waals surface area (Å²) in [6.07, 6.45) is 1.89. The Bertz CT molecular complexity index is 566. The van der Waals surface area contributed by atoms with Gasteiger partial charge in [-0.1, -0.05) is 42.5 Å². The van der Waals surface area contributed by atoms with Crippen LogP contribution in [0.2, 0.25) is 0 Å². The van der Waals surface area contributed by atoms with Crippen molar-refractivity contribution in [3.05, 3.63) is 69.9 Å². The summed E-state index contributed by atoms with van der Waals surface area (Å²) in [5.74, 6) is -0.125. The molecule has 0 heterocycles. The zero-order chi connectivity index (χ0) is 13.7. The molecule has 0 radical (unpaired) electrons. The van der Waals surface area contributed by atoms with E-state index in [1.165, 1.54) is 6.07 Å². The summed E-state index contributed by atoms with van der Waals surface area (Å²) in [5, 5.41) is 0. The first-order valence-electron chi connectivity index (χ1n) is 6.19. The molecule has 0 aromatic heterocycles. The lowest BCUT2D eigenvalue weighted by Gasteiger charge is -2.05. The fraction of sp³-hybridized carbons (Fsp3) is 0.188. The van der Waals surface area contributed by atoms with Crippen LogP contribution in [-0.4, -0.2) is 5.78 Å². The van der Waals surface area contributed by atoms with Gasteiger partial charge in [-0.25, -0.2) is 4.39 Å². The van der Waals surface area contributed by atoms with Crippen molar-refractivity contribution in [2.75, 3.05) is 0 Å². The number of benzene rings is 2. The van der Waals surface area contributed by atoms with Gasteiger partial charge in [-0.05, 0) is 40.4 Å². The highest BCUT2D eigenvalue weighted by Crippen LogP contribution is 2.22. The topological polar surface area (TPSA) is 17.1 Å². The first-order valence-corrected chi connectivity index (χ1v) is 6.99. The summed E-state index contributed by atoms with van der Waals surface area (Å²) in [6.45, 7) is 0. The molecule has 3 heteroatoms. The number of rotatable bonds is 5. The van der Waals surface area contributed by atoms with E-state index in [1.54, 1.807) is 6.07 Å². The molecule has 1 nitrogen and oxygen atoms in total. The predicted molar refractivity (Wildman–Crippen MR) is 77.8 cm³/mol. The molecule has 0 aliphatic heterocycles. The SMILES string of the molecule is O=C(CCCc1cccc(F)c1Br)c1ccccc1. The maximum Gasteiger partial charge on any atom is 0.162 e. The predicted octanol–water partition coefficient (Wildman–Crippen LogP) is 4.79. The van der Waals surface area contributed by atoms with Crippen LogP contribution in [0.15, 0.2) is 53.0 Å². The Morgan fingerprint density at radius 1 is 1.05 bits per heavy atom. The van der Waals surface area contributed by atoms with E-state index in [9.17, 15) is 9.18 Å². The maximum atomic E-state index is 13.3. The Kier molecular flexibility index (Phi) is 4.86. The average molecular weight is 321 g/mol. The van der Waals surface area contributed by atoms with Gasteiger partial charge >= 0.3 is 0 Å². The number of hydrogen-bond donors (Lipinski definition) is 0. The zero-order valence-electron chi connectivity index (χ0n) is 10.4. The van der Waals surface area contributed by atoms with Crippen molar-refractivity contribution in [1.82, 2.24) is 0 Å². The molecule has 98 valence electrons. The standard InChI is InChI=1S/C16H14BrFO/c17-16-13(8-4-10-14(16)18)9-5-11-15(19)12-6-2-1-3-7-12/h1-4,6-8,10H,5,9,11H2. The van der Waals surface area contributed by atoms with Crippen LogP contribution in [0.1, 0.15) is 28.8 Å². The van der Waals surface area contributed by atoms with Gasteiger partial charge in [0, 0.05) is 12.0 Å². The first-order chi connectivity index (χ1) is 9.18. The highest BCUT2D eigenvalue weighted by Gasteiger charge is 2.08. The van der Waals surface area contributed by atoms with Crippen LogP contribution >= 0.6 is 15.9 Å². The zero-order valence-corrected chi connectivity index (χ0v) is 12.0. The lowest BCUT2D eigenvalue weighted by molar-refractivity contribution is 0.0980. The Balaban J connectivity index is 1.90. The summed E-state index contributed by atoms with van der Waals surface area (Å²) >= 11 is 3.23. The van der Waals surface area contributed by atoms with E-state index in [2.05, 4.69) is 15.9 Å². The van der Waals surface area contributed by atoms with Crippen molar-refractivity contribution in [1.29, 1.82) is 0 Å². The third-order valence-corrected chi connectivity index (χ3v) is 3.87. The summed E-state index contributed by atoms with van der Waals surface area (Å²) < 4.78 is 13.8. The van der Waals surface area contributed by atoms with E-state index >= 15 is 0 Å². The lowest BCUT2D eigenvalue weighted by Crippen LogP contribution is -2.00. The summed E-state index contributed by atoms with van der Waals surface area (Å²) in [5.41, 5.74) is 1.64. The maximum absolute atomic E-state index is 13.3. The van der Waals surface area contributed by atoms with E-state index in [4.69, 9.17) is 0 Å². The molecule has 2 aromatic carbocycles. The third kappa shape index (κ3) is 3.74. The molecule has 2 rings (SSSR count). The van der Waals surface area contributed by atoms with Gasteiger partial charge in [-0.15, -0.1) is 0 Å². The van der Waals surface area contributed by atoms with Crippen molar-refractivity contribution in [2.24, 2.45) is 0 Å². The highest BCUT2D eigenvalue weighted by molar-refractivity contribution is 9.10. The molecule has 0 aliphatic carbocycles. The molecule has 19 heavy (non-hydrogen) atoms. The Morgan fingerprint density at radius 3 is 2.53 bits per heavy atom. The molecule has 0 bridgehead atoms. The van der Waals surface area contributed by atoms with Gasteiger partial charge in [-0.3, -0.25) is 4.79 Å². The van der Waals surface area contributed by atoms with Gasteiger partial charge < -0.3 is 0 Å². The fourth-order valence-corrected chi connectivity index (χ4v) is 2.41. The van der Waals surface area contributed by atoms with Gasteiger partial charge in [0.15, 0.2) is 5.78 Å². The van der Waals surface area contributed by atoms with Crippen LogP contribution in [0.3, 0.4) is 0 Å². The van der Waals surface area contributed by atoms with Gasteiger partial charge in [0.2, 0.25) is 0 Å². The minimum absolute atomic E-state index is 0.133. The summed E-state index contributed by atoms with van der Waals surface area (Å²) in [7, 11) is 0. The van der Waals surface area contributed by atoms with Gasteiger partial charge in [0.25, 0.3) is 0 Å². The van der Waals surface area contributed by atoms with Crippen molar-refractivity contribution in [2.45, 2.75) is 19.3 Å². The molecule has 0 fully saturated rings. The number of carbonyl (C=O) groups is 1. The molecule has 0 unspecified atom stereocenters. The number of halogens is 2. The number of ketones is 1. The monoisotopic (exact) mass is 320 g/mol. The second kappa shape index (κ2) is 6.62. The van der Waals surface area contributed by atoms with Crippen LogP contribution < -0.4 is 0 Å². The summed E-state index contributed by atoms with van der Waals surface area (Å²) in [4.78, 5) is 11.9. The minimum atomic E-state index is -0.258. The van der Waals surface area contributed by atoms with Gasteiger partial charge in [0.05, 0.1) is 4.47 Å². The van der Waals surface area contributed by atoms with Crippen molar-refractivity contribution in [3.63, 3.8) is 0 Å². The smallest absolute Gasteiger partial charge is 0.162 e. The largest absolute Gasteiger partial charge is 0.294 e. The molecule has 0 atom stereocenters. The molecule has 0 spiro atoms. The second-order valence-electron chi connectivity index (χ2n) is 4.36. The van der Waals surface area contributed by atoms with E-state index in [0.29, 0.717) is 17.3 Å². The lowest BCUT2D eigenvalue weighted by atomic mass is 10.0. The number of Topliss-reactive ketones (excluding diaryl/α,β-unsaturated/α-hetero) is 1. The second-order valence-corrected chi connectivity index (χ2v) is 5.15. The fourth-order valence-electron chi connectivity index (χ4n) is 1.95. The molecule has 0 N–H and O–H groups in total. The number of hydrogen-bond acceptors (Lipinski definition) is 1. The molecule has 0 amide bonds. The van der Waals surface area contributed by atoms with Crippen LogP contribution in [0.25, 0.3) is 0 Å². The molecular weight excluding hydrogens is 307 g/mol. The van der Waals surface area contributed by atoms with E-state index in [1.807, 2.05) is 36.4 Å². The van der Waals surface area contributed by atoms with Crippen LogP contribution in [0.5, 0.6) is 0 Å². The van der Waals surface area contributed by atoms with Gasteiger partial charge in [-0.2, -0.15) is 0 Å². The molecule has 2 aromatic rings. The molecule has 0 saturated heterocycles. The Labute approximate surface area is 120 Å². The minimum Gasteiger partial charge on any atom is -0.294 e. The molecule has 0 aliphatic rings. The quantitative estimate of drug-likeness (QED) is 0.723. The van der Waals surface area contributed by atoms with Gasteiger partial charge in [0.1, 0.15) is 5.82 Å². The van der Waals surface area contributed by atoms with E-state index < -0.39 is 0 Å². The molecule has 0 saturated carbocycles. The van der Waals surface area contributed by atoms with Crippen LogP contribution in [0.4, 0.5) is 4.39 Å². The Morgan fingerprint density at radius 2 is 1.79 bits per heavy atom. The van der Waals surface area contributed by atoms with Crippen LogP contribution in [-0.2, 0) is 6.42 Å². The highest BCUT2D eigenvalue weighted by atomic mass is 79.9. The third-order valence-electron chi connectivity index (χ3n) is 2.98. The molecular formula is C16H14BrFO. The normalized spacial score (nSPS) is 10.4. The number of aryl methyl sites for hydroxylation is 1. The van der Waals surface area contributed by atoms with E-state index in [0.717, 1.165) is 17.5 Å². The van der Waals surface area contributed by atoms with E-state index in [-0.39, 0.29) is 11.6 Å². The van der Waals surface area contributed by atoms with Crippen molar-refractivity contribution >= 4 is 21.7 Å². The van der Waals surface area contributed by atoms with Crippen molar-refractivity contribution < 1.29 is 9.18 Å². The van der Waals surface area contributed by atoms with Crippen molar-refractivity contribution in [3.8, 4) is 0 Å². The summed E-state index contributed by atoms with van der Waals surface area (Å²) in [6, 6.07) is 14.2.